The van der Waals surface area contributed by atoms with Gasteiger partial charge in [-0.1, -0.05) is 13.8 Å². The molecule has 1 aromatic rings. The lowest BCUT2D eigenvalue weighted by Crippen LogP contribution is -2.11. The van der Waals surface area contributed by atoms with E-state index in [9.17, 15) is 9.18 Å². The predicted octanol–water partition coefficient (Wildman–Crippen LogP) is 2.22. The van der Waals surface area contributed by atoms with Gasteiger partial charge in [0.05, 0.1) is 5.69 Å². The molecule has 0 bridgehead atoms. The maximum atomic E-state index is 13.6. The monoisotopic (exact) mass is 212 g/mol. The zero-order valence-electron chi connectivity index (χ0n) is 8.70. The number of carbonyl (C=O) groups is 1. The lowest BCUT2D eigenvalue weighted by molar-refractivity contribution is 0.0684. The van der Waals surface area contributed by atoms with Crippen molar-refractivity contribution in [1.29, 1.82) is 0 Å². The first kappa shape index (κ1) is 11.6. The summed E-state index contributed by atoms with van der Waals surface area (Å²) in [4.78, 5) is 17.9. The summed E-state index contributed by atoms with van der Waals surface area (Å²) in [6.45, 7) is 3.83. The van der Waals surface area contributed by atoms with Crippen LogP contribution in [0, 0.1) is 5.82 Å². The maximum absolute atomic E-state index is 13.6. The SMILES string of the molecule is CCC(CC)c1ncnc(C(=O)O)c1F. The molecule has 0 radical (unpaired) electrons. The smallest absolute Gasteiger partial charge is 0.357 e. The van der Waals surface area contributed by atoms with Crippen LogP contribution in [0.15, 0.2) is 6.33 Å². The molecule has 0 aliphatic rings. The highest BCUT2D eigenvalue weighted by atomic mass is 19.1. The van der Waals surface area contributed by atoms with Gasteiger partial charge in [-0.25, -0.2) is 19.2 Å². The Bertz CT molecular complexity index is 364. The standard InChI is InChI=1S/C10H13FN2O2/c1-3-6(4-2)8-7(11)9(10(14)15)13-5-12-8/h5-6H,3-4H2,1-2H3,(H,14,15). The lowest BCUT2D eigenvalue weighted by Gasteiger charge is -2.12. The normalized spacial score (nSPS) is 10.7. The summed E-state index contributed by atoms with van der Waals surface area (Å²) < 4.78 is 13.6. The van der Waals surface area contributed by atoms with E-state index in [-0.39, 0.29) is 11.6 Å². The third kappa shape index (κ3) is 2.29. The molecule has 1 rings (SSSR count). The van der Waals surface area contributed by atoms with Gasteiger partial charge in [-0.15, -0.1) is 0 Å². The molecule has 0 saturated heterocycles. The number of aromatic nitrogens is 2. The van der Waals surface area contributed by atoms with E-state index in [0.717, 1.165) is 19.2 Å². The molecule has 1 heterocycles. The minimum atomic E-state index is -1.36. The summed E-state index contributed by atoms with van der Waals surface area (Å²) in [7, 11) is 0. The van der Waals surface area contributed by atoms with Crippen molar-refractivity contribution < 1.29 is 14.3 Å². The Morgan fingerprint density at radius 3 is 2.53 bits per heavy atom. The van der Waals surface area contributed by atoms with E-state index in [4.69, 9.17) is 5.11 Å². The first-order valence-electron chi connectivity index (χ1n) is 4.85. The number of rotatable bonds is 4. The van der Waals surface area contributed by atoms with E-state index in [1.165, 1.54) is 0 Å². The van der Waals surface area contributed by atoms with E-state index < -0.39 is 17.5 Å². The molecule has 82 valence electrons. The van der Waals surface area contributed by atoms with E-state index in [0.29, 0.717) is 0 Å². The molecule has 0 fully saturated rings. The van der Waals surface area contributed by atoms with Crippen molar-refractivity contribution in [2.75, 3.05) is 0 Å². The van der Waals surface area contributed by atoms with Gasteiger partial charge in [0.1, 0.15) is 6.33 Å². The molecular weight excluding hydrogens is 199 g/mol. The summed E-state index contributed by atoms with van der Waals surface area (Å²) in [5, 5.41) is 8.69. The topological polar surface area (TPSA) is 63.1 Å². The van der Waals surface area contributed by atoms with Crippen LogP contribution in [0.1, 0.15) is 48.8 Å². The second-order valence-corrected chi connectivity index (χ2v) is 3.24. The number of carboxylic acid groups (broad SMARTS) is 1. The minimum Gasteiger partial charge on any atom is -0.476 e. The highest BCUT2D eigenvalue weighted by molar-refractivity contribution is 5.85. The van der Waals surface area contributed by atoms with Crippen LogP contribution >= 0.6 is 0 Å². The maximum Gasteiger partial charge on any atom is 0.357 e. The van der Waals surface area contributed by atoms with Crippen LogP contribution in [0.3, 0.4) is 0 Å². The molecule has 4 nitrogen and oxygen atoms in total. The molecule has 15 heavy (non-hydrogen) atoms. The number of aromatic carboxylic acids is 1. The molecule has 1 aromatic heterocycles. The molecule has 0 spiro atoms. The van der Waals surface area contributed by atoms with E-state index in [2.05, 4.69) is 9.97 Å². The minimum absolute atomic E-state index is 0.0499. The van der Waals surface area contributed by atoms with Gasteiger partial charge in [0, 0.05) is 5.92 Å². The highest BCUT2D eigenvalue weighted by Gasteiger charge is 2.21. The van der Waals surface area contributed by atoms with Gasteiger partial charge >= 0.3 is 5.97 Å². The Labute approximate surface area is 87.2 Å². The van der Waals surface area contributed by atoms with E-state index in [1.807, 2.05) is 13.8 Å². The molecule has 5 heteroatoms. The molecule has 0 saturated carbocycles. The molecule has 0 atom stereocenters. The number of hydrogen-bond donors (Lipinski definition) is 1. The van der Waals surface area contributed by atoms with Gasteiger partial charge in [0.15, 0.2) is 11.5 Å². The summed E-state index contributed by atoms with van der Waals surface area (Å²) in [6.07, 6.45) is 2.55. The Balaban J connectivity index is 3.19. The summed E-state index contributed by atoms with van der Waals surface area (Å²) in [5.74, 6) is -2.22. The van der Waals surface area contributed by atoms with Gasteiger partial charge in [-0.05, 0) is 12.8 Å². The van der Waals surface area contributed by atoms with Gasteiger partial charge < -0.3 is 5.11 Å². The molecule has 1 N–H and O–H groups in total. The average molecular weight is 212 g/mol. The van der Waals surface area contributed by atoms with Crippen molar-refractivity contribution in [1.82, 2.24) is 9.97 Å². The Morgan fingerprint density at radius 1 is 1.47 bits per heavy atom. The molecule has 0 aliphatic carbocycles. The summed E-state index contributed by atoms with van der Waals surface area (Å²) >= 11 is 0. The number of nitrogens with zero attached hydrogens (tertiary/aromatic N) is 2. The fourth-order valence-corrected chi connectivity index (χ4v) is 1.49. The van der Waals surface area contributed by atoms with E-state index in [1.54, 1.807) is 0 Å². The fraction of sp³-hybridized carbons (Fsp3) is 0.500. The van der Waals surface area contributed by atoms with Gasteiger partial charge in [-0.2, -0.15) is 0 Å². The number of hydrogen-bond acceptors (Lipinski definition) is 3. The third-order valence-corrected chi connectivity index (χ3v) is 2.39. The summed E-state index contributed by atoms with van der Waals surface area (Å²) in [6, 6.07) is 0. The van der Waals surface area contributed by atoms with Crippen LogP contribution in [0.4, 0.5) is 4.39 Å². The van der Waals surface area contributed by atoms with Crippen LogP contribution in [-0.4, -0.2) is 21.0 Å². The zero-order chi connectivity index (χ0) is 11.4. The van der Waals surface area contributed by atoms with Gasteiger partial charge in [0.25, 0.3) is 0 Å². The quantitative estimate of drug-likeness (QED) is 0.831. The van der Waals surface area contributed by atoms with E-state index >= 15 is 0 Å². The first-order valence-corrected chi connectivity index (χ1v) is 4.85. The van der Waals surface area contributed by atoms with Gasteiger partial charge in [0.2, 0.25) is 0 Å². The average Bonchev–Trinajstić information content (AvgIpc) is 2.21. The highest BCUT2D eigenvalue weighted by Crippen LogP contribution is 2.24. The van der Waals surface area contributed by atoms with Gasteiger partial charge in [-0.3, -0.25) is 0 Å². The second-order valence-electron chi connectivity index (χ2n) is 3.24. The van der Waals surface area contributed by atoms with Crippen LogP contribution in [0.25, 0.3) is 0 Å². The fourth-order valence-electron chi connectivity index (χ4n) is 1.49. The van der Waals surface area contributed by atoms with Crippen molar-refractivity contribution in [3.63, 3.8) is 0 Å². The second kappa shape index (κ2) is 4.82. The predicted molar refractivity (Wildman–Crippen MR) is 52.3 cm³/mol. The Hall–Kier alpha value is -1.52. The molecule has 0 amide bonds. The molecule has 0 aliphatic heterocycles. The van der Waals surface area contributed by atoms with Crippen molar-refractivity contribution in [3.05, 3.63) is 23.5 Å². The third-order valence-electron chi connectivity index (χ3n) is 2.39. The first-order chi connectivity index (χ1) is 7.11. The lowest BCUT2D eigenvalue weighted by atomic mass is 9.98. The van der Waals surface area contributed by atoms with Crippen LogP contribution < -0.4 is 0 Å². The van der Waals surface area contributed by atoms with Crippen LogP contribution in [0.5, 0.6) is 0 Å². The summed E-state index contributed by atoms with van der Waals surface area (Å²) in [5.41, 5.74) is -0.348. The molecule has 0 aromatic carbocycles. The Kier molecular flexibility index (Phi) is 3.71. The van der Waals surface area contributed by atoms with Crippen molar-refractivity contribution in [2.24, 2.45) is 0 Å². The van der Waals surface area contributed by atoms with Crippen molar-refractivity contribution >= 4 is 5.97 Å². The largest absolute Gasteiger partial charge is 0.476 e. The number of carboxylic acids is 1. The van der Waals surface area contributed by atoms with Crippen molar-refractivity contribution in [2.45, 2.75) is 32.6 Å². The van der Waals surface area contributed by atoms with Crippen LogP contribution in [-0.2, 0) is 0 Å². The van der Waals surface area contributed by atoms with Crippen LogP contribution in [0.2, 0.25) is 0 Å². The van der Waals surface area contributed by atoms with Crippen molar-refractivity contribution in [3.8, 4) is 0 Å². The number of halogens is 1. The zero-order valence-corrected chi connectivity index (χ0v) is 8.70. The molecular formula is C10H13FN2O2. The Morgan fingerprint density at radius 2 is 2.07 bits per heavy atom. The molecule has 0 unspecified atom stereocenters.